The first-order chi connectivity index (χ1) is 7.70. The minimum absolute atomic E-state index is 0.116. The quantitative estimate of drug-likeness (QED) is 0.735. The topological polar surface area (TPSA) is 47.7 Å². The van der Waals surface area contributed by atoms with Crippen molar-refractivity contribution in [2.45, 2.75) is 38.3 Å². The Morgan fingerprint density at radius 1 is 1.44 bits per heavy atom. The van der Waals surface area contributed by atoms with Gasteiger partial charge in [-0.1, -0.05) is 6.92 Å². The van der Waals surface area contributed by atoms with E-state index in [1.807, 2.05) is 0 Å². The van der Waals surface area contributed by atoms with Gasteiger partial charge in [0.25, 0.3) is 0 Å². The summed E-state index contributed by atoms with van der Waals surface area (Å²) in [6, 6.07) is 0.414. The maximum absolute atomic E-state index is 6.01. The van der Waals surface area contributed by atoms with Gasteiger partial charge in [0, 0.05) is 38.4 Å². The summed E-state index contributed by atoms with van der Waals surface area (Å²) in [6.45, 7) is 8.54. The first kappa shape index (κ1) is 13.9. The second-order valence-electron chi connectivity index (χ2n) is 4.63. The summed E-state index contributed by atoms with van der Waals surface area (Å²) in [5.74, 6) is 0. The minimum atomic E-state index is 0.116. The predicted molar refractivity (Wildman–Crippen MR) is 65.6 cm³/mol. The normalized spacial score (nSPS) is 22.3. The first-order valence-electron chi connectivity index (χ1n) is 6.23. The lowest BCUT2D eigenvalue weighted by molar-refractivity contribution is -0.0506. The molecule has 2 N–H and O–H groups in total. The summed E-state index contributed by atoms with van der Waals surface area (Å²) in [4.78, 5) is 2.49. The lowest BCUT2D eigenvalue weighted by atomic mass is 9.87. The summed E-state index contributed by atoms with van der Waals surface area (Å²) in [5.41, 5.74) is 6.13. The van der Waals surface area contributed by atoms with Gasteiger partial charge in [-0.3, -0.25) is 4.90 Å². The van der Waals surface area contributed by atoms with Crippen molar-refractivity contribution >= 4 is 0 Å². The van der Waals surface area contributed by atoms with Crippen LogP contribution in [0.1, 0.15) is 26.7 Å². The van der Waals surface area contributed by atoms with E-state index in [1.54, 1.807) is 7.11 Å². The van der Waals surface area contributed by atoms with Crippen LogP contribution in [0.3, 0.4) is 0 Å². The van der Waals surface area contributed by atoms with Gasteiger partial charge in [0.1, 0.15) is 0 Å². The molecule has 1 saturated heterocycles. The molecule has 0 bridgehead atoms. The van der Waals surface area contributed by atoms with E-state index >= 15 is 0 Å². The van der Waals surface area contributed by atoms with E-state index in [2.05, 4.69) is 18.7 Å². The molecule has 0 aromatic carbocycles. The Hall–Kier alpha value is -0.160. The lowest BCUT2D eigenvalue weighted by Gasteiger charge is -2.48. The van der Waals surface area contributed by atoms with E-state index in [0.29, 0.717) is 12.6 Å². The maximum atomic E-state index is 6.01. The van der Waals surface area contributed by atoms with E-state index in [0.717, 1.165) is 39.2 Å². The molecule has 0 aliphatic carbocycles. The van der Waals surface area contributed by atoms with Gasteiger partial charge in [0.05, 0.1) is 6.61 Å². The highest BCUT2D eigenvalue weighted by molar-refractivity contribution is 4.95. The third kappa shape index (κ3) is 2.94. The molecule has 1 heterocycles. The molecule has 1 atom stereocenters. The molecule has 0 amide bonds. The number of methoxy groups -OCH3 is 1. The summed E-state index contributed by atoms with van der Waals surface area (Å²) >= 11 is 0. The highest BCUT2D eigenvalue weighted by atomic mass is 16.5. The summed E-state index contributed by atoms with van der Waals surface area (Å²) < 4.78 is 10.7. The molecular formula is C12H26N2O2. The van der Waals surface area contributed by atoms with Crippen LogP contribution < -0.4 is 5.73 Å². The lowest BCUT2D eigenvalue weighted by Crippen LogP contribution is -2.60. The van der Waals surface area contributed by atoms with Crippen LogP contribution in [-0.2, 0) is 9.47 Å². The molecule has 1 rings (SSSR count). The Bertz CT molecular complexity index is 193. The fourth-order valence-electron chi connectivity index (χ4n) is 2.81. The average Bonchev–Trinajstić information content (AvgIpc) is 2.31. The molecule has 4 nitrogen and oxygen atoms in total. The van der Waals surface area contributed by atoms with Gasteiger partial charge in [-0.25, -0.2) is 0 Å². The Kier molecular flexibility index (Phi) is 5.69. The SMILES string of the molecule is CCN(C(C)COC)C1(CN)CCOCC1. The van der Waals surface area contributed by atoms with E-state index in [1.165, 1.54) is 0 Å². The summed E-state index contributed by atoms with van der Waals surface area (Å²) in [6.07, 6.45) is 2.07. The van der Waals surface area contributed by atoms with Crippen LogP contribution >= 0.6 is 0 Å². The molecule has 0 spiro atoms. The zero-order valence-corrected chi connectivity index (χ0v) is 10.9. The standard InChI is InChI=1S/C12H26N2O2/c1-4-14(11(2)9-15-3)12(10-13)5-7-16-8-6-12/h11H,4-10,13H2,1-3H3. The van der Waals surface area contributed by atoms with Crippen molar-refractivity contribution in [3.8, 4) is 0 Å². The highest BCUT2D eigenvalue weighted by Gasteiger charge is 2.38. The molecule has 1 fully saturated rings. The molecule has 1 aliphatic heterocycles. The highest BCUT2D eigenvalue weighted by Crippen LogP contribution is 2.28. The monoisotopic (exact) mass is 230 g/mol. The number of hydrogen-bond acceptors (Lipinski definition) is 4. The maximum Gasteiger partial charge on any atom is 0.0615 e. The second-order valence-corrected chi connectivity index (χ2v) is 4.63. The Morgan fingerprint density at radius 2 is 2.06 bits per heavy atom. The van der Waals surface area contributed by atoms with E-state index in [9.17, 15) is 0 Å². The third-order valence-corrected chi connectivity index (χ3v) is 3.69. The Balaban J connectivity index is 2.72. The number of likely N-dealkylation sites (N-methyl/N-ethyl adjacent to an activating group) is 1. The first-order valence-corrected chi connectivity index (χ1v) is 6.23. The van der Waals surface area contributed by atoms with Crippen LogP contribution in [0.25, 0.3) is 0 Å². The zero-order chi connectivity index (χ0) is 12.0. The smallest absolute Gasteiger partial charge is 0.0615 e. The largest absolute Gasteiger partial charge is 0.383 e. The fraction of sp³-hybridized carbons (Fsp3) is 1.00. The van der Waals surface area contributed by atoms with Crippen molar-refractivity contribution in [2.24, 2.45) is 5.73 Å². The average molecular weight is 230 g/mol. The number of rotatable bonds is 6. The van der Waals surface area contributed by atoms with Crippen molar-refractivity contribution in [1.82, 2.24) is 4.90 Å². The molecule has 1 aliphatic rings. The molecule has 0 aromatic heterocycles. The zero-order valence-electron chi connectivity index (χ0n) is 10.9. The van der Waals surface area contributed by atoms with Gasteiger partial charge in [-0.05, 0) is 26.3 Å². The van der Waals surface area contributed by atoms with E-state index in [-0.39, 0.29) is 5.54 Å². The molecule has 1 unspecified atom stereocenters. The van der Waals surface area contributed by atoms with Crippen LogP contribution in [0, 0.1) is 0 Å². The van der Waals surface area contributed by atoms with E-state index in [4.69, 9.17) is 15.2 Å². The van der Waals surface area contributed by atoms with Crippen molar-refractivity contribution in [3.05, 3.63) is 0 Å². The number of nitrogens with zero attached hydrogens (tertiary/aromatic N) is 1. The van der Waals surface area contributed by atoms with Crippen LogP contribution in [0.5, 0.6) is 0 Å². The predicted octanol–water partition coefficient (Wildman–Crippen LogP) is 0.851. The van der Waals surface area contributed by atoms with Crippen molar-refractivity contribution in [1.29, 1.82) is 0 Å². The number of ether oxygens (including phenoxy) is 2. The van der Waals surface area contributed by atoms with Gasteiger partial charge in [-0.15, -0.1) is 0 Å². The third-order valence-electron chi connectivity index (χ3n) is 3.69. The van der Waals surface area contributed by atoms with Gasteiger partial charge in [0.15, 0.2) is 0 Å². The molecule has 96 valence electrons. The van der Waals surface area contributed by atoms with Gasteiger partial charge in [-0.2, -0.15) is 0 Å². The molecule has 16 heavy (non-hydrogen) atoms. The van der Waals surface area contributed by atoms with Crippen LogP contribution in [0.4, 0.5) is 0 Å². The number of nitrogens with two attached hydrogens (primary N) is 1. The van der Waals surface area contributed by atoms with Crippen LogP contribution in [-0.4, -0.2) is 56.5 Å². The van der Waals surface area contributed by atoms with Gasteiger partial charge < -0.3 is 15.2 Å². The summed E-state index contributed by atoms with van der Waals surface area (Å²) in [7, 11) is 1.75. The minimum Gasteiger partial charge on any atom is -0.383 e. The Labute approximate surface area is 99.1 Å². The fourth-order valence-corrected chi connectivity index (χ4v) is 2.81. The Morgan fingerprint density at radius 3 is 2.50 bits per heavy atom. The molecule has 0 aromatic rings. The number of hydrogen-bond donors (Lipinski definition) is 1. The molecule has 0 saturated carbocycles. The van der Waals surface area contributed by atoms with Crippen molar-refractivity contribution in [2.75, 3.05) is 40.0 Å². The van der Waals surface area contributed by atoms with Crippen LogP contribution in [0.15, 0.2) is 0 Å². The second kappa shape index (κ2) is 6.55. The molecular weight excluding hydrogens is 204 g/mol. The molecule has 0 radical (unpaired) electrons. The summed E-state index contributed by atoms with van der Waals surface area (Å²) in [5, 5.41) is 0. The van der Waals surface area contributed by atoms with Gasteiger partial charge in [0.2, 0.25) is 0 Å². The van der Waals surface area contributed by atoms with Crippen molar-refractivity contribution in [3.63, 3.8) is 0 Å². The molecule has 4 heteroatoms. The van der Waals surface area contributed by atoms with Crippen molar-refractivity contribution < 1.29 is 9.47 Å². The van der Waals surface area contributed by atoms with Crippen LogP contribution in [0.2, 0.25) is 0 Å². The van der Waals surface area contributed by atoms with Gasteiger partial charge >= 0.3 is 0 Å². The van der Waals surface area contributed by atoms with E-state index < -0.39 is 0 Å².